The number of hydrogen-bond acceptors (Lipinski definition) is 11. The molecule has 11 nitrogen and oxygen atoms in total. The molecule has 0 saturated heterocycles. The van der Waals surface area contributed by atoms with Crippen molar-refractivity contribution in [3.63, 3.8) is 0 Å². The molecule has 3 aromatic heterocycles. The summed E-state index contributed by atoms with van der Waals surface area (Å²) < 4.78 is 0. The number of aliphatic hydroxyl groups is 3. The molecule has 0 aliphatic rings. The van der Waals surface area contributed by atoms with Gasteiger partial charge in [0, 0.05) is 83.9 Å². The van der Waals surface area contributed by atoms with E-state index in [1.54, 1.807) is 12.4 Å². The zero-order chi connectivity index (χ0) is 73.7. The third-order valence-corrected chi connectivity index (χ3v) is 14.4. The van der Waals surface area contributed by atoms with Crippen LogP contribution in [0.25, 0.3) is 66.5 Å². The quantitative estimate of drug-likeness (QED) is 0.0521. The van der Waals surface area contributed by atoms with Crippen molar-refractivity contribution in [2.75, 3.05) is 0 Å². The average Bonchev–Trinajstić information content (AvgIpc) is 0.812. The van der Waals surface area contributed by atoms with Crippen molar-refractivity contribution >= 4 is 73.9 Å². The molecule has 0 aliphatic carbocycles. The SMILES string of the molecule is CC(=O)C=C(C)O.CC(=O)C=C(C)O.CC(=O)C=C(C)O.Cc1[c-]c(-c2ccc3c(C)cc(C)cc3n2)cc(C)c1.Cc1[c-]c(-c2ccc3cc(C)ccc3n2)cc(C)c1.Cc1[c-]c(-c2ccc3ccc(C)cc3n2)cc(C)c1.[Ir].[Ir].[Ir].[Pt+2].[c-]1ccccc1C=Nc1ccccc1N=Cc1[c-]cccc1. The number of allylic oxidation sites excluding steroid dienone is 6. The van der Waals surface area contributed by atoms with Crippen LogP contribution >= 0.6 is 0 Å². The van der Waals surface area contributed by atoms with E-state index in [9.17, 15) is 14.4 Å². The number of aryl methyl sites for hydroxylation is 10. The third kappa shape index (κ3) is 33.2. The van der Waals surface area contributed by atoms with Crippen molar-refractivity contribution in [2.24, 2.45) is 9.98 Å². The summed E-state index contributed by atoms with van der Waals surface area (Å²) in [5.74, 6) is -0.187. The summed E-state index contributed by atoms with van der Waals surface area (Å²) >= 11 is 0. The summed E-state index contributed by atoms with van der Waals surface area (Å²) in [5, 5.41) is 28.7. The van der Waals surface area contributed by atoms with Crippen molar-refractivity contribution < 1.29 is 111 Å². The maximum Gasteiger partial charge on any atom is 2.00 e. The van der Waals surface area contributed by atoms with Gasteiger partial charge in [-0.2, -0.15) is 0 Å². The molecule has 0 spiro atoms. The molecule has 105 heavy (non-hydrogen) atoms. The minimum Gasteiger partial charge on any atom is -0.512 e. The van der Waals surface area contributed by atoms with Gasteiger partial charge in [0.15, 0.2) is 17.3 Å². The van der Waals surface area contributed by atoms with E-state index < -0.39 is 0 Å². The molecule has 3 heterocycles. The zero-order valence-corrected chi connectivity index (χ0v) is 71.4. The van der Waals surface area contributed by atoms with Crippen LogP contribution in [0, 0.1) is 99.6 Å². The van der Waals surface area contributed by atoms with E-state index in [0.29, 0.717) is 0 Å². The minimum atomic E-state index is -0.125. The predicted octanol–water partition coefficient (Wildman–Crippen LogP) is 22.1. The molecular weight excluding hydrogens is 2020 g/mol. The molecule has 549 valence electrons. The van der Waals surface area contributed by atoms with Gasteiger partial charge in [-0.25, -0.2) is 0 Å². The standard InChI is InChI=1S/C20H14N2.C19H18N.2C18H16N.3C5H8O2.3Ir.Pt/c1-3-9-17(10-4-1)15-21-19-13-7-8-14-20(19)22-16-18-11-5-2-6-12-18;1-12-7-13(2)10-16(9-12)18-6-5-17-15(4)8-14(3)11-19(17)20-18;1-12-4-6-17-15(9-12)5-7-18(19-17)16-10-13(2)8-14(3)11-16;1-12-4-5-15-6-7-17(19-18(15)11-12)16-9-13(2)8-14(3)10-16;3*1-4(6)3-5(2)7;;;;/h1-9,11,13-16H;5-9,11H,1-4H3;4-10H,1-3H3;4-9,11H,1-3H3;3*3,6H,1-2H3;;;;/q-2;3*-1;;;;;;;+2. The van der Waals surface area contributed by atoms with Crippen LogP contribution in [0.1, 0.15) is 108 Å². The second-order valence-corrected chi connectivity index (χ2v) is 24.7. The third-order valence-electron chi connectivity index (χ3n) is 14.4. The zero-order valence-electron chi connectivity index (χ0n) is 62.0. The van der Waals surface area contributed by atoms with Gasteiger partial charge in [-0.15, -0.1) is 176 Å². The number of ketones is 3. The molecule has 0 bridgehead atoms. The Labute approximate surface area is 675 Å². The van der Waals surface area contributed by atoms with Crippen LogP contribution < -0.4 is 0 Å². The summed E-state index contributed by atoms with van der Waals surface area (Å²) in [6.45, 7) is 29.5. The van der Waals surface area contributed by atoms with Crippen LogP contribution in [-0.4, -0.2) is 60.1 Å². The number of pyridine rings is 3. The summed E-state index contributed by atoms with van der Waals surface area (Å²) in [7, 11) is 0. The van der Waals surface area contributed by atoms with Crippen molar-refractivity contribution in [3.05, 3.63) is 327 Å². The molecule has 0 aliphatic heterocycles. The first-order valence-corrected chi connectivity index (χ1v) is 33.0. The van der Waals surface area contributed by atoms with E-state index in [-0.39, 0.29) is 116 Å². The Balaban J connectivity index is 0.000000431. The van der Waals surface area contributed by atoms with Crippen molar-refractivity contribution in [2.45, 2.75) is 111 Å². The molecule has 0 fully saturated rings. The van der Waals surface area contributed by atoms with Crippen LogP contribution in [0.5, 0.6) is 0 Å². The van der Waals surface area contributed by atoms with Crippen LogP contribution in [0.15, 0.2) is 240 Å². The van der Waals surface area contributed by atoms with Gasteiger partial charge in [0.1, 0.15) is 0 Å². The van der Waals surface area contributed by atoms with Gasteiger partial charge in [0.2, 0.25) is 0 Å². The number of benzene rings is 9. The van der Waals surface area contributed by atoms with Crippen LogP contribution in [-0.2, 0) is 95.8 Å². The Bertz CT molecular complexity index is 4810. The number of para-hydroxylation sites is 2. The van der Waals surface area contributed by atoms with Crippen LogP contribution in [0.3, 0.4) is 0 Å². The number of aliphatic hydroxyl groups excluding tert-OH is 3. The first-order chi connectivity index (χ1) is 48.0. The summed E-state index contributed by atoms with van der Waals surface area (Å²) in [5.41, 5.74) is 25.1. The number of rotatable bonds is 10. The number of carbonyl (C=O) groups excluding carboxylic acids is 3. The maximum absolute atomic E-state index is 10.0. The minimum absolute atomic E-state index is 0. The van der Waals surface area contributed by atoms with E-state index in [2.05, 4.69) is 231 Å². The number of aliphatic imine (C=N–C) groups is 2. The van der Waals surface area contributed by atoms with Crippen LogP contribution in [0.2, 0.25) is 0 Å². The Morgan fingerprint density at radius 1 is 0.362 bits per heavy atom. The van der Waals surface area contributed by atoms with Crippen LogP contribution in [0.4, 0.5) is 11.4 Å². The fraction of sp³-hybridized carbons (Fsp3) is 0.178. The molecular formula is C90H88Ir3N5O6Pt-3. The van der Waals surface area contributed by atoms with Gasteiger partial charge in [-0.1, -0.05) is 120 Å². The second-order valence-electron chi connectivity index (χ2n) is 24.7. The number of nitrogens with zero attached hydrogens (tertiary/aromatic N) is 5. The van der Waals surface area contributed by atoms with Gasteiger partial charge >= 0.3 is 21.1 Å². The number of fused-ring (bicyclic) bond motifs is 3. The van der Waals surface area contributed by atoms with E-state index in [4.69, 9.17) is 30.3 Å². The molecule has 12 aromatic rings. The van der Waals surface area contributed by atoms with Crippen molar-refractivity contribution in [3.8, 4) is 33.8 Å². The van der Waals surface area contributed by atoms with Gasteiger partial charge in [-0.3, -0.25) is 29.3 Å². The molecule has 0 unspecified atom stereocenters. The molecule has 3 radical (unpaired) electrons. The predicted molar refractivity (Wildman–Crippen MR) is 418 cm³/mol. The number of aromatic nitrogens is 3. The molecule has 0 atom stereocenters. The first-order valence-electron chi connectivity index (χ1n) is 33.0. The molecule has 0 amide bonds. The fourth-order valence-electron chi connectivity index (χ4n) is 10.4. The topological polar surface area (TPSA) is 175 Å². The monoisotopic (exact) mass is 2110 g/mol. The summed E-state index contributed by atoms with van der Waals surface area (Å²) in [6, 6.07) is 82.2. The largest absolute Gasteiger partial charge is 2.00 e. The maximum atomic E-state index is 10.0. The molecule has 0 saturated carbocycles. The molecule has 12 rings (SSSR count). The van der Waals surface area contributed by atoms with E-state index in [1.807, 2.05) is 72.8 Å². The molecule has 9 aromatic carbocycles. The van der Waals surface area contributed by atoms with Gasteiger partial charge in [0.25, 0.3) is 0 Å². The van der Waals surface area contributed by atoms with E-state index in [1.165, 1.54) is 115 Å². The Morgan fingerprint density at radius 2 is 0.714 bits per heavy atom. The van der Waals surface area contributed by atoms with Crippen molar-refractivity contribution in [1.82, 2.24) is 15.0 Å². The Hall–Kier alpha value is -9.18. The second kappa shape index (κ2) is 46.6. The van der Waals surface area contributed by atoms with Crippen molar-refractivity contribution in [1.29, 1.82) is 0 Å². The van der Waals surface area contributed by atoms with E-state index in [0.717, 1.165) is 89.5 Å². The summed E-state index contributed by atoms with van der Waals surface area (Å²) in [4.78, 5) is 53.4. The smallest absolute Gasteiger partial charge is 0.512 e. The molecule has 3 N–H and O–H groups in total. The number of hydrogen-bond donors (Lipinski definition) is 3. The van der Waals surface area contributed by atoms with Gasteiger partial charge in [0.05, 0.1) is 45.2 Å². The van der Waals surface area contributed by atoms with Gasteiger partial charge in [-0.05, 0) is 163 Å². The van der Waals surface area contributed by atoms with E-state index >= 15 is 0 Å². The normalized spacial score (nSPS) is 10.7. The Kier molecular flexibility index (Phi) is 40.8. The number of carbonyl (C=O) groups is 3. The van der Waals surface area contributed by atoms with Gasteiger partial charge < -0.3 is 25.3 Å². The molecule has 15 heteroatoms. The average molecular weight is 2110 g/mol. The summed E-state index contributed by atoms with van der Waals surface area (Å²) in [6.07, 6.45) is 7.09. The Morgan fingerprint density at radius 3 is 1.10 bits per heavy atom. The first kappa shape index (κ1) is 91.9. The fourth-order valence-corrected chi connectivity index (χ4v) is 10.4.